The van der Waals surface area contributed by atoms with Crippen molar-refractivity contribution in [3.05, 3.63) is 35.4 Å². The Hall–Kier alpha value is -2.44. The highest BCUT2D eigenvalue weighted by Gasteiger charge is 2.36. The number of aliphatic imine (C=N–C) groups is 1. The van der Waals surface area contributed by atoms with Gasteiger partial charge in [0.15, 0.2) is 5.17 Å². The second-order valence-electron chi connectivity index (χ2n) is 5.72. The zero-order valence-corrected chi connectivity index (χ0v) is 14.6. The summed E-state index contributed by atoms with van der Waals surface area (Å²) in [6.07, 6.45) is 5.71. The first-order valence-corrected chi connectivity index (χ1v) is 8.98. The van der Waals surface area contributed by atoms with E-state index in [9.17, 15) is 5.26 Å². The third kappa shape index (κ3) is 2.74. The molecule has 0 atom stereocenters. The standard InChI is InChI=1S/C18H18N4OS/c1-3-18(4-2)10-15(22-7-8-24-17(22)21-12-20)14-9-13(11-19)5-6-16(14)23-18/h5-6,9-10H,3-4,7-8H2,1-2H3. The van der Waals surface area contributed by atoms with Crippen LogP contribution in [0.1, 0.15) is 37.8 Å². The first-order chi connectivity index (χ1) is 11.7. The second-order valence-corrected chi connectivity index (χ2v) is 6.78. The van der Waals surface area contributed by atoms with Crippen molar-refractivity contribution in [2.24, 2.45) is 4.99 Å². The molecule has 0 spiro atoms. The van der Waals surface area contributed by atoms with Crippen molar-refractivity contribution in [1.82, 2.24) is 4.90 Å². The fourth-order valence-corrected chi connectivity index (χ4v) is 3.95. The molecule has 1 aromatic rings. The average Bonchev–Trinajstić information content (AvgIpc) is 3.08. The average molecular weight is 338 g/mol. The fraction of sp³-hybridized carbons (Fsp3) is 0.389. The number of fused-ring (bicyclic) bond motifs is 1. The van der Waals surface area contributed by atoms with E-state index in [0.29, 0.717) is 10.7 Å². The minimum atomic E-state index is -0.374. The molecule has 2 aliphatic heterocycles. The van der Waals surface area contributed by atoms with E-state index in [1.165, 1.54) is 0 Å². The number of hydrogen-bond donors (Lipinski definition) is 0. The minimum Gasteiger partial charge on any atom is -0.482 e. The summed E-state index contributed by atoms with van der Waals surface area (Å²) in [6.45, 7) is 5.00. The van der Waals surface area contributed by atoms with E-state index in [0.717, 1.165) is 42.1 Å². The van der Waals surface area contributed by atoms with Gasteiger partial charge >= 0.3 is 0 Å². The molecule has 0 N–H and O–H groups in total. The van der Waals surface area contributed by atoms with Crippen molar-refractivity contribution in [2.45, 2.75) is 32.3 Å². The Bertz CT molecular complexity index is 796. The van der Waals surface area contributed by atoms with Crippen molar-refractivity contribution in [2.75, 3.05) is 12.3 Å². The molecule has 0 aliphatic carbocycles. The molecule has 1 aromatic carbocycles. The molecule has 6 heteroatoms. The lowest BCUT2D eigenvalue weighted by molar-refractivity contribution is 0.106. The van der Waals surface area contributed by atoms with Crippen LogP contribution in [0, 0.1) is 22.8 Å². The third-order valence-corrected chi connectivity index (χ3v) is 5.46. The maximum atomic E-state index is 9.23. The van der Waals surface area contributed by atoms with E-state index in [4.69, 9.17) is 10.00 Å². The van der Waals surface area contributed by atoms with Crippen LogP contribution < -0.4 is 4.74 Å². The predicted molar refractivity (Wildman–Crippen MR) is 95.3 cm³/mol. The summed E-state index contributed by atoms with van der Waals surface area (Å²) in [6, 6.07) is 7.68. The predicted octanol–water partition coefficient (Wildman–Crippen LogP) is 3.74. The highest BCUT2D eigenvalue weighted by atomic mass is 32.2. The smallest absolute Gasteiger partial charge is 0.208 e. The second kappa shape index (κ2) is 6.59. The summed E-state index contributed by atoms with van der Waals surface area (Å²) in [7, 11) is 0. The van der Waals surface area contributed by atoms with Gasteiger partial charge in [0.1, 0.15) is 11.4 Å². The van der Waals surface area contributed by atoms with Crippen LogP contribution in [0.3, 0.4) is 0 Å². The first-order valence-electron chi connectivity index (χ1n) is 8.00. The molecule has 0 amide bonds. The van der Waals surface area contributed by atoms with Crippen molar-refractivity contribution in [1.29, 1.82) is 10.5 Å². The van der Waals surface area contributed by atoms with Gasteiger partial charge in [-0.2, -0.15) is 10.5 Å². The zero-order valence-electron chi connectivity index (χ0n) is 13.7. The van der Waals surface area contributed by atoms with Gasteiger partial charge in [-0.05, 0) is 37.1 Å². The molecule has 122 valence electrons. The highest BCUT2D eigenvalue weighted by Crippen LogP contribution is 2.42. The molecule has 3 rings (SSSR count). The van der Waals surface area contributed by atoms with Crippen LogP contribution in [0.25, 0.3) is 5.70 Å². The van der Waals surface area contributed by atoms with Gasteiger partial charge in [0.05, 0.1) is 17.3 Å². The normalized spacial score (nSPS) is 19.9. The molecule has 2 heterocycles. The molecular weight excluding hydrogens is 320 g/mol. The SMILES string of the molecule is CCC1(CC)C=C(N2CCSC2=NC#N)c2cc(C#N)ccc2O1. The van der Waals surface area contributed by atoms with Gasteiger partial charge in [-0.1, -0.05) is 25.6 Å². The summed E-state index contributed by atoms with van der Waals surface area (Å²) in [5, 5.41) is 18.9. The quantitative estimate of drug-likeness (QED) is 0.785. The van der Waals surface area contributed by atoms with Gasteiger partial charge < -0.3 is 9.64 Å². The zero-order chi connectivity index (χ0) is 17.2. The van der Waals surface area contributed by atoms with E-state index >= 15 is 0 Å². The van der Waals surface area contributed by atoms with Crippen molar-refractivity contribution in [3.63, 3.8) is 0 Å². The summed E-state index contributed by atoms with van der Waals surface area (Å²) in [5.74, 6) is 1.67. The van der Waals surface area contributed by atoms with Crippen molar-refractivity contribution >= 4 is 22.6 Å². The molecule has 0 bridgehead atoms. The molecule has 0 aromatic heterocycles. The largest absolute Gasteiger partial charge is 0.482 e. The highest BCUT2D eigenvalue weighted by molar-refractivity contribution is 8.14. The van der Waals surface area contributed by atoms with Crippen LogP contribution in [0.4, 0.5) is 0 Å². The molecule has 1 fully saturated rings. The van der Waals surface area contributed by atoms with Crippen LogP contribution in [0.2, 0.25) is 0 Å². The number of ether oxygens (including phenoxy) is 1. The lowest BCUT2D eigenvalue weighted by Gasteiger charge is -2.38. The van der Waals surface area contributed by atoms with Crippen LogP contribution >= 0.6 is 11.8 Å². The maximum Gasteiger partial charge on any atom is 0.208 e. The number of hydrogen-bond acceptors (Lipinski definition) is 5. The third-order valence-electron chi connectivity index (χ3n) is 4.51. The molecule has 2 aliphatic rings. The van der Waals surface area contributed by atoms with Crippen molar-refractivity contribution in [3.8, 4) is 18.0 Å². The van der Waals surface area contributed by atoms with E-state index in [1.807, 2.05) is 18.3 Å². The Labute approximate surface area is 146 Å². The number of amidine groups is 1. The van der Waals surface area contributed by atoms with Gasteiger partial charge in [0.2, 0.25) is 6.19 Å². The molecule has 24 heavy (non-hydrogen) atoms. The first kappa shape index (κ1) is 16.4. The fourth-order valence-electron chi connectivity index (χ4n) is 3.05. The lowest BCUT2D eigenvalue weighted by Crippen LogP contribution is -2.38. The van der Waals surface area contributed by atoms with Crippen LogP contribution in [-0.4, -0.2) is 28.0 Å². The molecule has 5 nitrogen and oxygen atoms in total. The number of nitriles is 2. The van der Waals surface area contributed by atoms with Gasteiger partial charge in [-0.15, -0.1) is 4.99 Å². The van der Waals surface area contributed by atoms with Gasteiger partial charge in [-0.25, -0.2) is 0 Å². The molecule has 0 saturated carbocycles. The van der Waals surface area contributed by atoms with E-state index in [2.05, 4.69) is 35.9 Å². The Balaban J connectivity index is 2.17. The number of nitrogens with zero attached hydrogens (tertiary/aromatic N) is 4. The Morgan fingerprint density at radius 2 is 2.12 bits per heavy atom. The minimum absolute atomic E-state index is 0.374. The van der Waals surface area contributed by atoms with E-state index in [1.54, 1.807) is 17.8 Å². The topological polar surface area (TPSA) is 72.4 Å². The van der Waals surface area contributed by atoms with Gasteiger partial charge in [-0.3, -0.25) is 0 Å². The van der Waals surface area contributed by atoms with E-state index < -0.39 is 0 Å². The van der Waals surface area contributed by atoms with Gasteiger partial charge in [0.25, 0.3) is 0 Å². The lowest BCUT2D eigenvalue weighted by atomic mass is 9.90. The number of rotatable bonds is 3. The summed E-state index contributed by atoms with van der Waals surface area (Å²) < 4.78 is 6.28. The molecule has 1 saturated heterocycles. The Morgan fingerprint density at radius 1 is 1.33 bits per heavy atom. The van der Waals surface area contributed by atoms with Crippen molar-refractivity contribution < 1.29 is 4.74 Å². The number of thioether (sulfide) groups is 1. The monoisotopic (exact) mass is 338 g/mol. The summed E-state index contributed by atoms with van der Waals surface area (Å²) in [4.78, 5) is 6.03. The molecule has 0 unspecified atom stereocenters. The molecular formula is C18H18N4OS. The Kier molecular flexibility index (Phi) is 4.51. The van der Waals surface area contributed by atoms with E-state index in [-0.39, 0.29) is 5.60 Å². The molecule has 0 radical (unpaired) electrons. The summed E-state index contributed by atoms with van der Waals surface area (Å²) in [5.41, 5.74) is 2.09. The Morgan fingerprint density at radius 3 is 2.79 bits per heavy atom. The summed E-state index contributed by atoms with van der Waals surface area (Å²) >= 11 is 1.58. The van der Waals surface area contributed by atoms with Gasteiger partial charge in [0, 0.05) is 17.9 Å². The maximum absolute atomic E-state index is 9.23. The van der Waals surface area contributed by atoms with Crippen LogP contribution in [-0.2, 0) is 0 Å². The van der Waals surface area contributed by atoms with Crippen LogP contribution in [0.5, 0.6) is 5.75 Å². The van der Waals surface area contributed by atoms with Crippen LogP contribution in [0.15, 0.2) is 29.3 Å². The number of benzene rings is 1.